The fraction of sp³-hybridized carbons (Fsp3) is 0.600. The lowest BCUT2D eigenvalue weighted by molar-refractivity contribution is -0.143. The van der Waals surface area contributed by atoms with E-state index in [0.717, 1.165) is 25.7 Å². The molecule has 0 aliphatic carbocycles. The average Bonchev–Trinajstić information content (AvgIpc) is 3.04. The molecule has 2 rings (SSSR count). The van der Waals surface area contributed by atoms with E-state index < -0.39 is 12.0 Å². The number of hydrogen-bond acceptors (Lipinski definition) is 6. The van der Waals surface area contributed by atoms with Crippen molar-refractivity contribution in [2.75, 3.05) is 20.3 Å². The van der Waals surface area contributed by atoms with Crippen LogP contribution in [0.2, 0.25) is 0 Å². The zero-order chi connectivity index (χ0) is 18.9. The Labute approximate surface area is 155 Å². The average molecular weight is 363 g/mol. The highest BCUT2D eigenvalue weighted by molar-refractivity contribution is 6.00. The predicted octanol–water partition coefficient (Wildman–Crippen LogP) is 3.75. The maximum Gasteiger partial charge on any atom is 0.334 e. The quantitative estimate of drug-likeness (QED) is 0.468. The summed E-state index contributed by atoms with van der Waals surface area (Å²) in [5, 5.41) is 0. The van der Waals surface area contributed by atoms with Crippen LogP contribution < -0.4 is 9.47 Å². The van der Waals surface area contributed by atoms with Crippen molar-refractivity contribution in [2.45, 2.75) is 58.6 Å². The van der Waals surface area contributed by atoms with E-state index in [-0.39, 0.29) is 6.10 Å². The molecule has 1 aliphatic rings. The Hall–Kier alpha value is -2.24. The number of aliphatic imine (C=N–C) groups is 1. The van der Waals surface area contributed by atoms with Crippen molar-refractivity contribution >= 4 is 11.9 Å². The number of hydrogen-bond donors (Lipinski definition) is 0. The van der Waals surface area contributed by atoms with Crippen LogP contribution in [0.4, 0.5) is 0 Å². The standard InChI is InChI=1S/C20H29NO5/c1-5-7-12-24-16-11-9-10-15(18(16)25-13-8-6-2)19-21-17(14(3)26-19)20(22)23-4/h9-11,14,17H,5-8,12-13H2,1-4H3/t14-,17+/m1/s1. The molecule has 0 aromatic heterocycles. The van der Waals surface area contributed by atoms with Gasteiger partial charge in [0.1, 0.15) is 6.10 Å². The minimum absolute atomic E-state index is 0.384. The van der Waals surface area contributed by atoms with Gasteiger partial charge < -0.3 is 18.9 Å². The molecule has 1 aromatic rings. The third-order valence-corrected chi connectivity index (χ3v) is 4.15. The highest BCUT2D eigenvalue weighted by Gasteiger charge is 2.35. The molecule has 1 heterocycles. The Morgan fingerprint density at radius 1 is 1.15 bits per heavy atom. The molecule has 144 valence electrons. The topological polar surface area (TPSA) is 66.4 Å². The Balaban J connectivity index is 2.31. The van der Waals surface area contributed by atoms with Gasteiger partial charge in [-0.25, -0.2) is 9.79 Å². The van der Waals surface area contributed by atoms with Gasteiger partial charge in [-0.3, -0.25) is 0 Å². The third kappa shape index (κ3) is 4.90. The van der Waals surface area contributed by atoms with E-state index in [1.165, 1.54) is 7.11 Å². The molecule has 0 N–H and O–H groups in total. The molecular weight excluding hydrogens is 334 g/mol. The van der Waals surface area contributed by atoms with Crippen LogP contribution in [-0.2, 0) is 14.3 Å². The fourth-order valence-corrected chi connectivity index (χ4v) is 2.59. The molecule has 6 heteroatoms. The molecule has 1 aromatic carbocycles. The molecule has 0 bridgehead atoms. The molecule has 0 spiro atoms. The molecule has 26 heavy (non-hydrogen) atoms. The lowest BCUT2D eigenvalue weighted by Gasteiger charge is -2.16. The summed E-state index contributed by atoms with van der Waals surface area (Å²) in [7, 11) is 1.35. The van der Waals surface area contributed by atoms with E-state index in [0.29, 0.717) is 36.2 Å². The summed E-state index contributed by atoms with van der Waals surface area (Å²) in [4.78, 5) is 16.3. The maximum absolute atomic E-state index is 11.9. The van der Waals surface area contributed by atoms with Gasteiger partial charge in [-0.15, -0.1) is 0 Å². The molecule has 0 saturated heterocycles. The normalized spacial score (nSPS) is 18.8. The summed E-state index contributed by atoms with van der Waals surface area (Å²) in [6, 6.07) is 4.98. The first-order chi connectivity index (χ1) is 12.6. The Morgan fingerprint density at radius 3 is 2.50 bits per heavy atom. The largest absolute Gasteiger partial charge is 0.490 e. The van der Waals surface area contributed by atoms with Crippen LogP contribution in [0.25, 0.3) is 0 Å². The number of esters is 1. The van der Waals surface area contributed by atoms with Gasteiger partial charge >= 0.3 is 5.97 Å². The molecule has 0 radical (unpaired) electrons. The van der Waals surface area contributed by atoms with Crippen LogP contribution in [0, 0.1) is 0 Å². The van der Waals surface area contributed by atoms with Gasteiger partial charge in [0.2, 0.25) is 5.90 Å². The molecule has 1 aliphatic heterocycles. The summed E-state index contributed by atoms with van der Waals surface area (Å²) in [5.41, 5.74) is 0.702. The third-order valence-electron chi connectivity index (χ3n) is 4.15. The zero-order valence-electron chi connectivity index (χ0n) is 16.1. The fourth-order valence-electron chi connectivity index (χ4n) is 2.59. The lowest BCUT2D eigenvalue weighted by atomic mass is 10.1. The smallest absolute Gasteiger partial charge is 0.334 e. The number of rotatable bonds is 10. The number of para-hydroxylation sites is 1. The molecule has 0 fully saturated rings. The van der Waals surface area contributed by atoms with Gasteiger partial charge in [-0.1, -0.05) is 32.8 Å². The van der Waals surface area contributed by atoms with E-state index in [9.17, 15) is 4.79 Å². The number of unbranched alkanes of at least 4 members (excludes halogenated alkanes) is 2. The van der Waals surface area contributed by atoms with Gasteiger partial charge in [0.05, 0.1) is 25.9 Å². The maximum atomic E-state index is 11.9. The molecule has 6 nitrogen and oxygen atoms in total. The second kappa shape index (κ2) is 10.0. The summed E-state index contributed by atoms with van der Waals surface area (Å²) < 4.78 is 22.5. The van der Waals surface area contributed by atoms with Crippen molar-refractivity contribution in [3.05, 3.63) is 23.8 Å². The number of carbonyl (C=O) groups is 1. The minimum Gasteiger partial charge on any atom is -0.490 e. The van der Waals surface area contributed by atoms with Crippen molar-refractivity contribution in [1.29, 1.82) is 0 Å². The lowest BCUT2D eigenvalue weighted by Crippen LogP contribution is -2.28. The monoisotopic (exact) mass is 363 g/mol. The van der Waals surface area contributed by atoms with E-state index >= 15 is 0 Å². The van der Waals surface area contributed by atoms with Gasteiger partial charge in [0.25, 0.3) is 0 Å². The Bertz CT molecular complexity index is 629. The summed E-state index contributed by atoms with van der Waals surface area (Å²) in [6.45, 7) is 7.24. The number of methoxy groups -OCH3 is 1. The first-order valence-corrected chi connectivity index (χ1v) is 9.33. The molecule has 0 saturated carbocycles. The van der Waals surface area contributed by atoms with Crippen LogP contribution in [0.5, 0.6) is 11.5 Å². The molecule has 0 unspecified atom stereocenters. The number of ether oxygens (including phenoxy) is 4. The van der Waals surface area contributed by atoms with Crippen molar-refractivity contribution in [2.24, 2.45) is 4.99 Å². The SMILES string of the molecule is CCCCOc1cccc(C2=N[C@H](C(=O)OC)[C@@H](C)O2)c1OCCCC. The zero-order valence-corrected chi connectivity index (χ0v) is 16.1. The van der Waals surface area contributed by atoms with Crippen molar-refractivity contribution < 1.29 is 23.7 Å². The second-order valence-corrected chi connectivity index (χ2v) is 6.26. The minimum atomic E-state index is -0.664. The molecule has 0 amide bonds. The first kappa shape index (κ1) is 20.1. The second-order valence-electron chi connectivity index (χ2n) is 6.26. The Morgan fingerprint density at radius 2 is 1.85 bits per heavy atom. The summed E-state index contributed by atoms with van der Waals surface area (Å²) >= 11 is 0. The van der Waals surface area contributed by atoms with E-state index in [2.05, 4.69) is 18.8 Å². The van der Waals surface area contributed by atoms with Crippen LogP contribution in [0.3, 0.4) is 0 Å². The van der Waals surface area contributed by atoms with Gasteiger partial charge in [0, 0.05) is 0 Å². The van der Waals surface area contributed by atoms with Crippen molar-refractivity contribution in [1.82, 2.24) is 0 Å². The molecular formula is C20H29NO5. The van der Waals surface area contributed by atoms with Crippen molar-refractivity contribution in [3.63, 3.8) is 0 Å². The summed E-state index contributed by atoms with van der Waals surface area (Å²) in [6.07, 6.45) is 3.62. The summed E-state index contributed by atoms with van der Waals surface area (Å²) in [5.74, 6) is 1.28. The first-order valence-electron chi connectivity index (χ1n) is 9.33. The molecule has 2 atom stereocenters. The van der Waals surface area contributed by atoms with E-state index in [4.69, 9.17) is 18.9 Å². The van der Waals surface area contributed by atoms with Crippen LogP contribution >= 0.6 is 0 Å². The predicted molar refractivity (Wildman–Crippen MR) is 100 cm³/mol. The van der Waals surface area contributed by atoms with E-state index in [1.807, 2.05) is 18.2 Å². The number of carbonyl (C=O) groups excluding carboxylic acids is 1. The van der Waals surface area contributed by atoms with E-state index in [1.54, 1.807) is 6.92 Å². The number of nitrogens with zero attached hydrogens (tertiary/aromatic N) is 1. The van der Waals surface area contributed by atoms with Crippen LogP contribution in [-0.4, -0.2) is 44.3 Å². The number of benzene rings is 1. The highest BCUT2D eigenvalue weighted by Crippen LogP contribution is 2.34. The highest BCUT2D eigenvalue weighted by atomic mass is 16.5. The van der Waals surface area contributed by atoms with Gasteiger partial charge in [-0.2, -0.15) is 0 Å². The van der Waals surface area contributed by atoms with Gasteiger partial charge in [-0.05, 0) is 31.9 Å². The van der Waals surface area contributed by atoms with Gasteiger partial charge in [0.15, 0.2) is 17.5 Å². The van der Waals surface area contributed by atoms with Crippen molar-refractivity contribution in [3.8, 4) is 11.5 Å². The van der Waals surface area contributed by atoms with Crippen LogP contribution in [0.1, 0.15) is 52.0 Å². The van der Waals surface area contributed by atoms with Crippen LogP contribution in [0.15, 0.2) is 23.2 Å². The Kier molecular flexibility index (Phi) is 7.75.